The van der Waals surface area contributed by atoms with Crippen LogP contribution in [0.5, 0.6) is 5.75 Å². The van der Waals surface area contributed by atoms with E-state index in [4.69, 9.17) is 0 Å². The molecule has 0 aliphatic carbocycles. The van der Waals surface area contributed by atoms with Gasteiger partial charge in [-0.3, -0.25) is 0 Å². The first-order valence-electron chi connectivity index (χ1n) is 6.49. The molecule has 0 atom stereocenters. The van der Waals surface area contributed by atoms with E-state index in [0.29, 0.717) is 5.75 Å². The quantitative estimate of drug-likeness (QED) is 0.817. The minimum atomic E-state index is 0.356. The second-order valence-corrected chi connectivity index (χ2v) is 5.63. The van der Waals surface area contributed by atoms with Crippen molar-refractivity contribution in [3.05, 3.63) is 23.3 Å². The zero-order valence-electron chi connectivity index (χ0n) is 11.5. The smallest absolute Gasteiger partial charge is 0.206 e. The fourth-order valence-electron chi connectivity index (χ4n) is 1.86. The maximum Gasteiger partial charge on any atom is 0.206 e. The summed E-state index contributed by atoms with van der Waals surface area (Å²) in [7, 11) is 0. The summed E-state index contributed by atoms with van der Waals surface area (Å²) in [6.45, 7) is 6.88. The van der Waals surface area contributed by atoms with Gasteiger partial charge in [-0.25, -0.2) is 0 Å². The summed E-state index contributed by atoms with van der Waals surface area (Å²) >= 11 is 1.54. The normalized spacial score (nSPS) is 10.7. The maximum absolute atomic E-state index is 9.78. The van der Waals surface area contributed by atoms with Gasteiger partial charge < -0.3 is 10.4 Å². The largest absolute Gasteiger partial charge is 0.507 e. The first-order valence-corrected chi connectivity index (χ1v) is 7.31. The predicted molar refractivity (Wildman–Crippen MR) is 79.9 cm³/mol. The topological polar surface area (TPSA) is 58.0 Å². The highest BCUT2D eigenvalue weighted by Crippen LogP contribution is 2.31. The van der Waals surface area contributed by atoms with Gasteiger partial charge in [0.25, 0.3) is 0 Å². The SMILES string of the molecule is CCCCNc1nnc(-c2cc(C)c(O)c(C)c2)s1. The molecule has 2 rings (SSSR count). The molecular weight excluding hydrogens is 258 g/mol. The molecule has 1 aromatic heterocycles. The lowest BCUT2D eigenvalue weighted by Crippen LogP contribution is -1.99. The summed E-state index contributed by atoms with van der Waals surface area (Å²) in [5, 5.41) is 23.1. The van der Waals surface area contributed by atoms with E-state index in [1.165, 1.54) is 0 Å². The van der Waals surface area contributed by atoms with Crippen molar-refractivity contribution >= 4 is 16.5 Å². The third-order valence-corrected chi connectivity index (χ3v) is 3.90. The number of unbranched alkanes of at least 4 members (excludes halogenated alkanes) is 1. The Labute approximate surface area is 117 Å². The van der Waals surface area contributed by atoms with Gasteiger partial charge in [0, 0.05) is 12.1 Å². The second-order valence-electron chi connectivity index (χ2n) is 4.65. The molecule has 1 aromatic carbocycles. The van der Waals surface area contributed by atoms with Crippen molar-refractivity contribution in [1.82, 2.24) is 10.2 Å². The molecule has 2 aromatic rings. The summed E-state index contributed by atoms with van der Waals surface area (Å²) in [6, 6.07) is 3.89. The Morgan fingerprint density at radius 2 is 1.89 bits per heavy atom. The molecular formula is C14H19N3OS. The molecule has 19 heavy (non-hydrogen) atoms. The van der Waals surface area contributed by atoms with Crippen LogP contribution in [-0.2, 0) is 0 Å². The van der Waals surface area contributed by atoms with Gasteiger partial charge in [0.05, 0.1) is 0 Å². The Balaban J connectivity index is 2.18. The molecule has 0 spiro atoms. The van der Waals surface area contributed by atoms with Gasteiger partial charge in [0.15, 0.2) is 0 Å². The Kier molecular flexibility index (Phi) is 4.37. The summed E-state index contributed by atoms with van der Waals surface area (Å²) in [5.41, 5.74) is 2.74. The van der Waals surface area contributed by atoms with Crippen molar-refractivity contribution in [3.63, 3.8) is 0 Å². The molecule has 0 saturated heterocycles. The average molecular weight is 277 g/mol. The van der Waals surface area contributed by atoms with Crippen LogP contribution in [0.1, 0.15) is 30.9 Å². The molecule has 2 N–H and O–H groups in total. The lowest BCUT2D eigenvalue weighted by Gasteiger charge is -2.05. The number of phenols is 1. The number of anilines is 1. The first kappa shape index (κ1) is 13.8. The monoisotopic (exact) mass is 277 g/mol. The molecule has 0 aliphatic rings. The molecule has 4 nitrogen and oxygen atoms in total. The van der Waals surface area contributed by atoms with E-state index >= 15 is 0 Å². The Hall–Kier alpha value is -1.62. The summed E-state index contributed by atoms with van der Waals surface area (Å²) < 4.78 is 0. The van der Waals surface area contributed by atoms with E-state index in [0.717, 1.165) is 46.2 Å². The number of benzene rings is 1. The molecule has 0 fully saturated rings. The van der Waals surface area contributed by atoms with Crippen LogP contribution in [0.2, 0.25) is 0 Å². The number of nitrogens with zero attached hydrogens (tertiary/aromatic N) is 2. The molecule has 0 aliphatic heterocycles. The lowest BCUT2D eigenvalue weighted by molar-refractivity contribution is 0.467. The lowest BCUT2D eigenvalue weighted by atomic mass is 10.1. The van der Waals surface area contributed by atoms with Crippen molar-refractivity contribution in [1.29, 1.82) is 0 Å². The van der Waals surface area contributed by atoms with E-state index in [9.17, 15) is 5.11 Å². The number of aromatic nitrogens is 2. The number of aromatic hydroxyl groups is 1. The van der Waals surface area contributed by atoms with Gasteiger partial charge in [-0.2, -0.15) is 0 Å². The van der Waals surface area contributed by atoms with Crippen LogP contribution >= 0.6 is 11.3 Å². The van der Waals surface area contributed by atoms with Crippen LogP contribution in [0, 0.1) is 13.8 Å². The fourth-order valence-corrected chi connectivity index (χ4v) is 2.62. The highest BCUT2D eigenvalue weighted by Gasteiger charge is 2.10. The molecule has 5 heteroatoms. The van der Waals surface area contributed by atoms with Gasteiger partial charge in [0.1, 0.15) is 10.8 Å². The third-order valence-electron chi connectivity index (χ3n) is 2.97. The van der Waals surface area contributed by atoms with Gasteiger partial charge in [0.2, 0.25) is 5.13 Å². The van der Waals surface area contributed by atoms with E-state index in [1.807, 2.05) is 26.0 Å². The van der Waals surface area contributed by atoms with Crippen molar-refractivity contribution in [2.24, 2.45) is 0 Å². The van der Waals surface area contributed by atoms with Crippen molar-refractivity contribution < 1.29 is 5.11 Å². The zero-order valence-corrected chi connectivity index (χ0v) is 12.3. The number of aryl methyl sites for hydroxylation is 2. The molecule has 1 heterocycles. The first-order chi connectivity index (χ1) is 9.11. The minimum Gasteiger partial charge on any atom is -0.507 e. The highest BCUT2D eigenvalue weighted by atomic mass is 32.1. The van der Waals surface area contributed by atoms with Crippen molar-refractivity contribution in [2.45, 2.75) is 33.6 Å². The van der Waals surface area contributed by atoms with E-state index in [2.05, 4.69) is 22.4 Å². The van der Waals surface area contributed by atoms with Gasteiger partial charge >= 0.3 is 0 Å². The number of hydrogen-bond donors (Lipinski definition) is 2. The zero-order chi connectivity index (χ0) is 13.8. The number of rotatable bonds is 5. The van der Waals surface area contributed by atoms with Crippen LogP contribution in [-0.4, -0.2) is 21.8 Å². The Bertz CT molecular complexity index is 543. The summed E-state index contributed by atoms with van der Waals surface area (Å²) in [5.74, 6) is 0.356. The Morgan fingerprint density at radius 3 is 2.53 bits per heavy atom. The molecule has 0 amide bonds. The number of phenolic OH excluding ortho intramolecular Hbond substituents is 1. The van der Waals surface area contributed by atoms with Crippen LogP contribution in [0.4, 0.5) is 5.13 Å². The standard InChI is InChI=1S/C14H19N3OS/c1-4-5-6-15-14-17-16-13(19-14)11-7-9(2)12(18)10(3)8-11/h7-8,18H,4-6H2,1-3H3,(H,15,17). The average Bonchev–Trinajstić information content (AvgIpc) is 2.84. The van der Waals surface area contributed by atoms with Crippen LogP contribution < -0.4 is 5.32 Å². The Morgan fingerprint density at radius 1 is 1.21 bits per heavy atom. The molecule has 0 bridgehead atoms. The third kappa shape index (κ3) is 3.23. The maximum atomic E-state index is 9.78. The fraction of sp³-hybridized carbons (Fsp3) is 0.429. The predicted octanol–water partition coefficient (Wildman–Crippen LogP) is 3.74. The van der Waals surface area contributed by atoms with E-state index < -0.39 is 0 Å². The second kappa shape index (κ2) is 6.02. The number of hydrogen-bond acceptors (Lipinski definition) is 5. The van der Waals surface area contributed by atoms with Crippen LogP contribution in [0.15, 0.2) is 12.1 Å². The van der Waals surface area contributed by atoms with Gasteiger partial charge in [-0.05, 0) is 43.5 Å². The van der Waals surface area contributed by atoms with Crippen molar-refractivity contribution in [3.8, 4) is 16.3 Å². The van der Waals surface area contributed by atoms with Crippen LogP contribution in [0.3, 0.4) is 0 Å². The van der Waals surface area contributed by atoms with Crippen LogP contribution in [0.25, 0.3) is 10.6 Å². The molecule has 102 valence electrons. The van der Waals surface area contributed by atoms with Gasteiger partial charge in [-0.1, -0.05) is 24.7 Å². The van der Waals surface area contributed by atoms with E-state index in [1.54, 1.807) is 11.3 Å². The highest BCUT2D eigenvalue weighted by molar-refractivity contribution is 7.18. The summed E-state index contributed by atoms with van der Waals surface area (Å²) in [6.07, 6.45) is 2.29. The summed E-state index contributed by atoms with van der Waals surface area (Å²) in [4.78, 5) is 0. The van der Waals surface area contributed by atoms with Crippen molar-refractivity contribution in [2.75, 3.05) is 11.9 Å². The minimum absolute atomic E-state index is 0.356. The number of nitrogens with one attached hydrogen (secondary N) is 1. The van der Waals surface area contributed by atoms with E-state index in [-0.39, 0.29) is 0 Å². The molecule has 0 saturated carbocycles. The molecule has 0 radical (unpaired) electrons. The van der Waals surface area contributed by atoms with Gasteiger partial charge in [-0.15, -0.1) is 10.2 Å². The molecule has 0 unspecified atom stereocenters.